The maximum absolute atomic E-state index is 5.12. The minimum atomic E-state index is 0.466. The highest BCUT2D eigenvalue weighted by Crippen LogP contribution is 2.21. The van der Waals surface area contributed by atoms with Crippen LogP contribution in [0.15, 0.2) is 21.8 Å². The fraction of sp³-hybridized carbons (Fsp3) is 0.583. The van der Waals surface area contributed by atoms with E-state index < -0.39 is 0 Å². The molecule has 2 heterocycles. The van der Waals surface area contributed by atoms with E-state index in [0.29, 0.717) is 11.8 Å². The van der Waals surface area contributed by atoms with Crippen LogP contribution in [0.2, 0.25) is 0 Å². The first-order valence-corrected chi connectivity index (χ1v) is 7.13. The molecule has 0 N–H and O–H groups in total. The van der Waals surface area contributed by atoms with Crippen molar-refractivity contribution in [2.75, 3.05) is 0 Å². The molecule has 1 aliphatic rings. The number of aryl methyl sites for hydroxylation is 1. The number of hydrogen-bond donors (Lipinski definition) is 0. The maximum atomic E-state index is 5.12. The third-order valence-corrected chi connectivity index (χ3v) is 4.25. The molecule has 2 aromatic rings. The van der Waals surface area contributed by atoms with Crippen LogP contribution in [-0.2, 0) is 7.05 Å². The molecule has 18 heavy (non-hydrogen) atoms. The average molecular weight is 264 g/mol. The monoisotopic (exact) mass is 264 g/mol. The van der Waals surface area contributed by atoms with Crippen LogP contribution in [0.3, 0.4) is 0 Å². The first kappa shape index (κ1) is 11.6. The van der Waals surface area contributed by atoms with Gasteiger partial charge in [-0.2, -0.15) is 5.10 Å². The topological polar surface area (TPSA) is 56.2 Å². The SMILES string of the molecule is Cn1nc(-c2ccno2)s/c1=N\C1CCCCC1. The number of hydrogen-bond acceptors (Lipinski definition) is 5. The molecule has 5 nitrogen and oxygen atoms in total. The quantitative estimate of drug-likeness (QED) is 0.836. The highest BCUT2D eigenvalue weighted by molar-refractivity contribution is 7.12. The zero-order valence-corrected chi connectivity index (χ0v) is 11.2. The fourth-order valence-electron chi connectivity index (χ4n) is 2.25. The summed E-state index contributed by atoms with van der Waals surface area (Å²) in [6.45, 7) is 0. The normalized spacial score (nSPS) is 18.4. The summed E-state index contributed by atoms with van der Waals surface area (Å²) >= 11 is 1.56. The molecule has 0 bridgehead atoms. The molecule has 0 spiro atoms. The molecular weight excluding hydrogens is 248 g/mol. The molecule has 0 saturated heterocycles. The van der Waals surface area contributed by atoms with E-state index in [-0.39, 0.29) is 0 Å². The molecule has 0 aliphatic heterocycles. The lowest BCUT2D eigenvalue weighted by molar-refractivity contribution is 0.430. The van der Waals surface area contributed by atoms with Crippen LogP contribution in [0.5, 0.6) is 0 Å². The summed E-state index contributed by atoms with van der Waals surface area (Å²) in [5.74, 6) is 0.709. The molecule has 1 fully saturated rings. The number of rotatable bonds is 2. The number of aromatic nitrogens is 3. The Bertz CT molecular complexity index is 563. The van der Waals surface area contributed by atoms with Crippen LogP contribution in [0, 0.1) is 0 Å². The minimum Gasteiger partial charge on any atom is -0.354 e. The highest BCUT2D eigenvalue weighted by Gasteiger charge is 2.13. The molecule has 1 aliphatic carbocycles. The van der Waals surface area contributed by atoms with Crippen molar-refractivity contribution >= 4 is 11.3 Å². The molecule has 1 saturated carbocycles. The fourth-order valence-corrected chi connectivity index (χ4v) is 3.17. The molecule has 0 atom stereocenters. The molecule has 0 amide bonds. The van der Waals surface area contributed by atoms with E-state index in [2.05, 4.69) is 10.3 Å². The summed E-state index contributed by atoms with van der Waals surface area (Å²) in [6.07, 6.45) is 7.99. The molecular formula is C12H16N4OS. The standard InChI is InChI=1S/C12H16N4OS/c1-16-12(14-9-5-3-2-4-6-9)18-11(15-16)10-7-8-13-17-10/h7-9H,2-6H2,1H3/b14-12-. The Balaban J connectivity index is 1.90. The Labute approximate surface area is 109 Å². The van der Waals surface area contributed by atoms with Crippen LogP contribution in [-0.4, -0.2) is 21.0 Å². The van der Waals surface area contributed by atoms with Gasteiger partial charge in [0.1, 0.15) is 0 Å². The highest BCUT2D eigenvalue weighted by atomic mass is 32.1. The smallest absolute Gasteiger partial charge is 0.203 e. The van der Waals surface area contributed by atoms with Gasteiger partial charge in [0, 0.05) is 13.1 Å². The van der Waals surface area contributed by atoms with Gasteiger partial charge in [-0.25, -0.2) is 4.68 Å². The van der Waals surface area contributed by atoms with Crippen molar-refractivity contribution in [1.82, 2.24) is 14.9 Å². The summed E-state index contributed by atoms with van der Waals surface area (Å²) in [4.78, 5) is 5.77. The van der Waals surface area contributed by atoms with E-state index in [0.717, 1.165) is 9.81 Å². The average Bonchev–Trinajstić information content (AvgIpc) is 3.01. The van der Waals surface area contributed by atoms with Crippen molar-refractivity contribution in [1.29, 1.82) is 0 Å². The van der Waals surface area contributed by atoms with Crippen molar-refractivity contribution in [3.8, 4) is 10.8 Å². The van der Waals surface area contributed by atoms with Crippen LogP contribution in [0.1, 0.15) is 32.1 Å². The summed E-state index contributed by atoms with van der Waals surface area (Å²) in [5, 5.41) is 8.97. The van der Waals surface area contributed by atoms with E-state index in [9.17, 15) is 0 Å². The van der Waals surface area contributed by atoms with Gasteiger partial charge < -0.3 is 4.52 Å². The molecule has 2 aromatic heterocycles. The van der Waals surface area contributed by atoms with E-state index in [4.69, 9.17) is 9.52 Å². The van der Waals surface area contributed by atoms with E-state index in [1.54, 1.807) is 17.5 Å². The second kappa shape index (κ2) is 5.06. The zero-order chi connectivity index (χ0) is 12.4. The first-order chi connectivity index (χ1) is 8.83. The van der Waals surface area contributed by atoms with Gasteiger partial charge in [0.15, 0.2) is 10.8 Å². The Hall–Kier alpha value is -1.43. The Kier molecular flexibility index (Phi) is 3.27. The third kappa shape index (κ3) is 2.38. The van der Waals surface area contributed by atoms with Gasteiger partial charge in [-0.1, -0.05) is 35.8 Å². The largest absolute Gasteiger partial charge is 0.354 e. The van der Waals surface area contributed by atoms with Crippen LogP contribution < -0.4 is 4.80 Å². The summed E-state index contributed by atoms with van der Waals surface area (Å²) in [5.41, 5.74) is 0. The van der Waals surface area contributed by atoms with Crippen molar-refractivity contribution in [3.63, 3.8) is 0 Å². The lowest BCUT2D eigenvalue weighted by Gasteiger charge is -2.16. The lowest BCUT2D eigenvalue weighted by Crippen LogP contribution is -2.18. The van der Waals surface area contributed by atoms with Crippen molar-refractivity contribution in [2.24, 2.45) is 12.0 Å². The van der Waals surface area contributed by atoms with Crippen molar-refractivity contribution < 1.29 is 4.52 Å². The van der Waals surface area contributed by atoms with Crippen LogP contribution >= 0.6 is 11.3 Å². The van der Waals surface area contributed by atoms with Gasteiger partial charge in [0.05, 0.1) is 12.2 Å². The minimum absolute atomic E-state index is 0.466. The predicted molar refractivity (Wildman–Crippen MR) is 69.0 cm³/mol. The van der Waals surface area contributed by atoms with Gasteiger partial charge >= 0.3 is 0 Å². The van der Waals surface area contributed by atoms with Crippen molar-refractivity contribution in [2.45, 2.75) is 38.1 Å². The zero-order valence-electron chi connectivity index (χ0n) is 10.4. The summed E-state index contributed by atoms with van der Waals surface area (Å²) in [6, 6.07) is 2.29. The van der Waals surface area contributed by atoms with E-state index in [1.807, 2.05) is 17.8 Å². The van der Waals surface area contributed by atoms with Gasteiger partial charge in [-0.05, 0) is 12.8 Å². The summed E-state index contributed by atoms with van der Waals surface area (Å²) < 4.78 is 6.95. The van der Waals surface area contributed by atoms with E-state index >= 15 is 0 Å². The summed E-state index contributed by atoms with van der Waals surface area (Å²) in [7, 11) is 1.93. The van der Waals surface area contributed by atoms with E-state index in [1.165, 1.54) is 32.1 Å². The van der Waals surface area contributed by atoms with Gasteiger partial charge in [0.2, 0.25) is 4.80 Å². The van der Waals surface area contributed by atoms with Gasteiger partial charge in [-0.3, -0.25) is 4.99 Å². The maximum Gasteiger partial charge on any atom is 0.203 e. The van der Waals surface area contributed by atoms with Crippen molar-refractivity contribution in [3.05, 3.63) is 17.1 Å². The predicted octanol–water partition coefficient (Wildman–Crippen LogP) is 2.37. The lowest BCUT2D eigenvalue weighted by atomic mass is 9.96. The molecule has 96 valence electrons. The molecule has 3 rings (SSSR count). The van der Waals surface area contributed by atoms with Gasteiger partial charge in [0.25, 0.3) is 0 Å². The first-order valence-electron chi connectivity index (χ1n) is 6.32. The van der Waals surface area contributed by atoms with Crippen LogP contribution in [0.25, 0.3) is 10.8 Å². The number of nitrogens with zero attached hydrogens (tertiary/aromatic N) is 4. The van der Waals surface area contributed by atoms with Crippen LogP contribution in [0.4, 0.5) is 0 Å². The Morgan fingerprint density at radius 3 is 2.94 bits per heavy atom. The Morgan fingerprint density at radius 1 is 1.39 bits per heavy atom. The molecule has 0 radical (unpaired) electrons. The Morgan fingerprint density at radius 2 is 2.22 bits per heavy atom. The second-order valence-electron chi connectivity index (χ2n) is 4.61. The molecule has 0 aromatic carbocycles. The van der Waals surface area contributed by atoms with Gasteiger partial charge in [-0.15, -0.1) is 0 Å². The second-order valence-corrected chi connectivity index (χ2v) is 5.57. The molecule has 0 unspecified atom stereocenters. The third-order valence-electron chi connectivity index (χ3n) is 3.22. The molecule has 6 heteroatoms.